The molecular formula is C13H17N3O2. The van der Waals surface area contributed by atoms with Gasteiger partial charge in [-0.1, -0.05) is 13.3 Å². The molecule has 0 aliphatic carbocycles. The predicted octanol–water partition coefficient (Wildman–Crippen LogP) is 1.44. The first-order chi connectivity index (χ1) is 8.67. The molecule has 0 saturated heterocycles. The van der Waals surface area contributed by atoms with Crippen molar-refractivity contribution in [3.8, 4) is 11.8 Å². The molecule has 0 fully saturated rings. The number of nitrogens with one attached hydrogen (secondary N) is 1. The molecule has 3 N–H and O–H groups in total. The molecule has 0 unspecified atom stereocenters. The number of hydrogen-bond acceptors (Lipinski definition) is 4. The van der Waals surface area contributed by atoms with Gasteiger partial charge in [0.25, 0.3) is 5.91 Å². The van der Waals surface area contributed by atoms with E-state index in [1.807, 2.05) is 6.07 Å². The van der Waals surface area contributed by atoms with Crippen molar-refractivity contribution in [2.45, 2.75) is 19.8 Å². The van der Waals surface area contributed by atoms with Crippen LogP contribution in [-0.2, 0) is 4.79 Å². The molecule has 0 aliphatic heterocycles. The van der Waals surface area contributed by atoms with Gasteiger partial charge in [0, 0.05) is 12.2 Å². The summed E-state index contributed by atoms with van der Waals surface area (Å²) in [5.41, 5.74) is 6.38. The Balaban J connectivity index is 2.48. The number of benzene rings is 1. The molecule has 0 atom stereocenters. The van der Waals surface area contributed by atoms with Crippen LogP contribution in [0.4, 0.5) is 5.69 Å². The number of nitrogen functional groups attached to an aromatic ring is 1. The summed E-state index contributed by atoms with van der Waals surface area (Å²) in [5, 5.41) is 11.6. The maximum Gasteiger partial charge on any atom is 0.257 e. The largest absolute Gasteiger partial charge is 0.482 e. The van der Waals surface area contributed by atoms with Gasteiger partial charge in [0.15, 0.2) is 6.61 Å². The Labute approximate surface area is 107 Å². The molecule has 1 aromatic carbocycles. The second-order valence-corrected chi connectivity index (χ2v) is 3.86. The molecule has 5 nitrogen and oxygen atoms in total. The van der Waals surface area contributed by atoms with Crippen LogP contribution in [0, 0.1) is 11.3 Å². The summed E-state index contributed by atoms with van der Waals surface area (Å²) in [4.78, 5) is 11.4. The van der Waals surface area contributed by atoms with Gasteiger partial charge in [0.05, 0.1) is 5.56 Å². The van der Waals surface area contributed by atoms with Gasteiger partial charge < -0.3 is 15.8 Å². The zero-order valence-electron chi connectivity index (χ0n) is 10.4. The van der Waals surface area contributed by atoms with Crippen LogP contribution in [0.3, 0.4) is 0 Å². The Morgan fingerprint density at radius 3 is 3.00 bits per heavy atom. The average Bonchev–Trinajstić information content (AvgIpc) is 2.37. The first kappa shape index (κ1) is 13.8. The van der Waals surface area contributed by atoms with Gasteiger partial charge in [-0.05, 0) is 24.6 Å². The van der Waals surface area contributed by atoms with Crippen LogP contribution in [0.25, 0.3) is 0 Å². The SMILES string of the molecule is CCCCNC(=O)COc1ccc(N)cc1C#N. The Hall–Kier alpha value is -2.22. The molecule has 1 aromatic rings. The maximum absolute atomic E-state index is 11.4. The van der Waals surface area contributed by atoms with E-state index in [4.69, 9.17) is 15.7 Å². The van der Waals surface area contributed by atoms with Crippen molar-refractivity contribution in [3.05, 3.63) is 23.8 Å². The van der Waals surface area contributed by atoms with Gasteiger partial charge in [-0.15, -0.1) is 0 Å². The molecule has 96 valence electrons. The van der Waals surface area contributed by atoms with Crippen molar-refractivity contribution >= 4 is 11.6 Å². The maximum atomic E-state index is 11.4. The molecule has 0 bridgehead atoms. The second kappa shape index (κ2) is 7.17. The number of nitrogens with two attached hydrogens (primary N) is 1. The Kier molecular flexibility index (Phi) is 5.52. The zero-order valence-corrected chi connectivity index (χ0v) is 10.4. The molecule has 1 rings (SSSR count). The lowest BCUT2D eigenvalue weighted by Gasteiger charge is -2.08. The van der Waals surface area contributed by atoms with E-state index in [0.29, 0.717) is 23.5 Å². The number of amides is 1. The highest BCUT2D eigenvalue weighted by Gasteiger charge is 2.06. The van der Waals surface area contributed by atoms with Gasteiger partial charge in [-0.3, -0.25) is 4.79 Å². The molecule has 0 saturated carbocycles. The van der Waals surface area contributed by atoms with Gasteiger partial charge in [-0.2, -0.15) is 5.26 Å². The Morgan fingerprint density at radius 1 is 1.56 bits per heavy atom. The van der Waals surface area contributed by atoms with E-state index in [1.54, 1.807) is 12.1 Å². The van der Waals surface area contributed by atoms with Gasteiger partial charge >= 0.3 is 0 Å². The smallest absolute Gasteiger partial charge is 0.257 e. The first-order valence-corrected chi connectivity index (χ1v) is 5.86. The third-order valence-electron chi connectivity index (χ3n) is 2.34. The van der Waals surface area contributed by atoms with Crippen molar-refractivity contribution < 1.29 is 9.53 Å². The number of anilines is 1. The summed E-state index contributed by atoms with van der Waals surface area (Å²) in [5.74, 6) is 0.182. The van der Waals surface area contributed by atoms with E-state index in [0.717, 1.165) is 12.8 Å². The van der Waals surface area contributed by atoms with Crippen LogP contribution < -0.4 is 15.8 Å². The van der Waals surface area contributed by atoms with E-state index in [2.05, 4.69) is 12.2 Å². The topological polar surface area (TPSA) is 88.1 Å². The Morgan fingerprint density at radius 2 is 2.33 bits per heavy atom. The molecule has 0 radical (unpaired) electrons. The van der Waals surface area contributed by atoms with Crippen LogP contribution in [0.5, 0.6) is 5.75 Å². The van der Waals surface area contributed by atoms with E-state index < -0.39 is 0 Å². The minimum absolute atomic E-state index is 0.0949. The quantitative estimate of drug-likeness (QED) is 0.588. The van der Waals surface area contributed by atoms with E-state index >= 15 is 0 Å². The molecule has 0 spiro atoms. The lowest BCUT2D eigenvalue weighted by molar-refractivity contribution is -0.123. The number of hydrogen-bond donors (Lipinski definition) is 2. The molecule has 5 heteroatoms. The normalized spacial score (nSPS) is 9.56. The highest BCUT2D eigenvalue weighted by Crippen LogP contribution is 2.20. The van der Waals surface area contributed by atoms with Gasteiger partial charge in [-0.25, -0.2) is 0 Å². The molecule has 18 heavy (non-hydrogen) atoms. The molecule has 0 heterocycles. The summed E-state index contributed by atoms with van der Waals surface area (Å²) in [7, 11) is 0. The first-order valence-electron chi connectivity index (χ1n) is 5.86. The van der Waals surface area contributed by atoms with Gasteiger partial charge in [0.2, 0.25) is 0 Å². The number of unbranched alkanes of at least 4 members (excludes halogenated alkanes) is 1. The third kappa shape index (κ3) is 4.34. The average molecular weight is 247 g/mol. The number of carbonyl (C=O) groups excluding carboxylic acids is 1. The fraction of sp³-hybridized carbons (Fsp3) is 0.385. The number of nitriles is 1. The highest BCUT2D eigenvalue weighted by molar-refractivity contribution is 5.77. The third-order valence-corrected chi connectivity index (χ3v) is 2.34. The lowest BCUT2D eigenvalue weighted by atomic mass is 10.2. The zero-order chi connectivity index (χ0) is 13.4. The van der Waals surface area contributed by atoms with Crippen LogP contribution in [-0.4, -0.2) is 19.1 Å². The lowest BCUT2D eigenvalue weighted by Crippen LogP contribution is -2.29. The number of nitrogens with zero attached hydrogens (tertiary/aromatic N) is 1. The van der Waals surface area contributed by atoms with Crippen molar-refractivity contribution in [2.75, 3.05) is 18.9 Å². The number of rotatable bonds is 6. The summed E-state index contributed by atoms with van der Waals surface area (Å²) in [6.45, 7) is 2.60. The van der Waals surface area contributed by atoms with Crippen molar-refractivity contribution in [2.24, 2.45) is 0 Å². The van der Waals surface area contributed by atoms with E-state index in [1.165, 1.54) is 6.07 Å². The molecule has 1 amide bonds. The van der Waals surface area contributed by atoms with E-state index in [9.17, 15) is 4.79 Å². The van der Waals surface area contributed by atoms with Crippen LogP contribution in [0.15, 0.2) is 18.2 Å². The van der Waals surface area contributed by atoms with Crippen molar-refractivity contribution in [1.29, 1.82) is 5.26 Å². The molecular weight excluding hydrogens is 230 g/mol. The van der Waals surface area contributed by atoms with Crippen LogP contribution in [0.1, 0.15) is 25.3 Å². The number of carbonyl (C=O) groups is 1. The molecule has 0 aromatic heterocycles. The fourth-order valence-corrected chi connectivity index (χ4v) is 1.36. The van der Waals surface area contributed by atoms with Crippen molar-refractivity contribution in [1.82, 2.24) is 5.32 Å². The summed E-state index contributed by atoms with van der Waals surface area (Å²) < 4.78 is 5.29. The summed E-state index contributed by atoms with van der Waals surface area (Å²) in [6.07, 6.45) is 1.97. The summed E-state index contributed by atoms with van der Waals surface area (Å²) in [6, 6.07) is 6.71. The van der Waals surface area contributed by atoms with Crippen molar-refractivity contribution in [3.63, 3.8) is 0 Å². The minimum atomic E-state index is -0.191. The molecule has 0 aliphatic rings. The standard InChI is InChI=1S/C13H17N3O2/c1-2-3-6-16-13(17)9-18-12-5-4-11(15)7-10(12)8-14/h4-5,7H,2-3,6,9,15H2,1H3,(H,16,17). The van der Waals surface area contributed by atoms with Gasteiger partial charge in [0.1, 0.15) is 11.8 Å². The highest BCUT2D eigenvalue weighted by atomic mass is 16.5. The predicted molar refractivity (Wildman–Crippen MR) is 69.0 cm³/mol. The van der Waals surface area contributed by atoms with Crippen LogP contribution >= 0.6 is 0 Å². The Bertz CT molecular complexity index is 452. The van der Waals surface area contributed by atoms with E-state index in [-0.39, 0.29) is 12.5 Å². The monoisotopic (exact) mass is 247 g/mol. The summed E-state index contributed by atoms with van der Waals surface area (Å²) >= 11 is 0. The fourth-order valence-electron chi connectivity index (χ4n) is 1.36. The number of ether oxygens (including phenoxy) is 1. The minimum Gasteiger partial charge on any atom is -0.482 e. The van der Waals surface area contributed by atoms with Crippen LogP contribution in [0.2, 0.25) is 0 Å². The second-order valence-electron chi connectivity index (χ2n) is 3.86.